The first-order valence-corrected chi connectivity index (χ1v) is 6.97. The molecule has 0 fully saturated rings. The van der Waals surface area contributed by atoms with Crippen LogP contribution < -0.4 is 0 Å². The third-order valence-corrected chi connectivity index (χ3v) is 4.00. The van der Waals surface area contributed by atoms with Crippen molar-refractivity contribution in [1.29, 1.82) is 0 Å². The fourth-order valence-corrected chi connectivity index (χ4v) is 3.00. The number of fused-ring (bicyclic) bond motifs is 1. The molecule has 0 radical (unpaired) electrons. The number of pyridine rings is 1. The fraction of sp³-hybridized carbons (Fsp3) is 0.0714. The molecule has 0 unspecified atom stereocenters. The van der Waals surface area contributed by atoms with Gasteiger partial charge in [-0.2, -0.15) is 5.10 Å². The van der Waals surface area contributed by atoms with Gasteiger partial charge in [0.1, 0.15) is 11.3 Å². The largest absolute Gasteiger partial charge is 0.346 e. The smallest absolute Gasteiger partial charge is 0.137 e. The van der Waals surface area contributed by atoms with E-state index in [0.717, 1.165) is 32.7 Å². The molecule has 0 aliphatic carbocycles. The minimum absolute atomic E-state index is 0.890. The van der Waals surface area contributed by atoms with Crippen molar-refractivity contribution in [1.82, 2.24) is 24.1 Å². The molecule has 0 amide bonds. The van der Waals surface area contributed by atoms with Crippen LogP contribution in [0.1, 0.15) is 0 Å². The standard InChI is InChI=1S/C14H11N5S/c1-19-8-11(13(18-19)12-4-7-17-20-12)9-2-5-15-14-10(9)3-6-16-14/h2-8H,1H3,(H,15,16). The molecule has 0 saturated heterocycles. The zero-order valence-electron chi connectivity index (χ0n) is 10.7. The van der Waals surface area contributed by atoms with Crippen LogP contribution in [-0.4, -0.2) is 24.1 Å². The number of aromatic amines is 1. The molecule has 0 aliphatic heterocycles. The topological polar surface area (TPSA) is 59.4 Å². The van der Waals surface area contributed by atoms with E-state index in [2.05, 4.69) is 19.4 Å². The Bertz CT molecular complexity index is 872. The summed E-state index contributed by atoms with van der Waals surface area (Å²) in [4.78, 5) is 8.55. The van der Waals surface area contributed by atoms with Crippen LogP contribution in [-0.2, 0) is 7.05 Å². The molecule has 4 heterocycles. The monoisotopic (exact) mass is 281 g/mol. The van der Waals surface area contributed by atoms with Gasteiger partial charge in [0, 0.05) is 42.8 Å². The number of hydrogen-bond acceptors (Lipinski definition) is 4. The predicted molar refractivity (Wildman–Crippen MR) is 79.4 cm³/mol. The molecular formula is C14H11N5S. The number of rotatable bonds is 2. The zero-order chi connectivity index (χ0) is 13.5. The van der Waals surface area contributed by atoms with Gasteiger partial charge in [-0.3, -0.25) is 4.68 Å². The minimum Gasteiger partial charge on any atom is -0.346 e. The van der Waals surface area contributed by atoms with Crippen molar-refractivity contribution in [3.05, 3.63) is 43.0 Å². The molecule has 0 saturated carbocycles. The average Bonchev–Trinajstić information content (AvgIpc) is 3.17. The number of aryl methyl sites for hydroxylation is 1. The van der Waals surface area contributed by atoms with Gasteiger partial charge in [-0.25, -0.2) is 9.36 Å². The van der Waals surface area contributed by atoms with Gasteiger partial charge in [0.25, 0.3) is 0 Å². The summed E-state index contributed by atoms with van der Waals surface area (Å²) in [5, 5.41) is 5.68. The lowest BCUT2D eigenvalue weighted by molar-refractivity contribution is 0.771. The Labute approximate surface area is 119 Å². The third kappa shape index (κ3) is 1.65. The van der Waals surface area contributed by atoms with E-state index in [4.69, 9.17) is 0 Å². The van der Waals surface area contributed by atoms with E-state index in [1.165, 1.54) is 11.5 Å². The second-order valence-electron chi connectivity index (χ2n) is 4.54. The van der Waals surface area contributed by atoms with Gasteiger partial charge in [-0.15, -0.1) is 0 Å². The number of aromatic nitrogens is 5. The van der Waals surface area contributed by atoms with Crippen molar-refractivity contribution in [3.63, 3.8) is 0 Å². The number of nitrogens with one attached hydrogen (secondary N) is 1. The Morgan fingerprint density at radius 2 is 2.10 bits per heavy atom. The van der Waals surface area contributed by atoms with E-state index in [1.54, 1.807) is 6.20 Å². The highest BCUT2D eigenvalue weighted by Crippen LogP contribution is 2.35. The van der Waals surface area contributed by atoms with Gasteiger partial charge in [-0.1, -0.05) is 0 Å². The van der Waals surface area contributed by atoms with E-state index in [-0.39, 0.29) is 0 Å². The van der Waals surface area contributed by atoms with E-state index in [1.807, 2.05) is 48.5 Å². The second kappa shape index (κ2) is 4.28. The first kappa shape index (κ1) is 11.4. The Morgan fingerprint density at radius 1 is 1.15 bits per heavy atom. The molecule has 0 bridgehead atoms. The van der Waals surface area contributed by atoms with Crippen LogP contribution in [0.2, 0.25) is 0 Å². The van der Waals surface area contributed by atoms with Crippen LogP contribution >= 0.6 is 11.5 Å². The van der Waals surface area contributed by atoms with Crippen LogP contribution in [0.4, 0.5) is 0 Å². The molecule has 0 atom stereocenters. The van der Waals surface area contributed by atoms with Crippen molar-refractivity contribution in [2.24, 2.45) is 7.05 Å². The number of hydrogen-bond donors (Lipinski definition) is 1. The minimum atomic E-state index is 0.890. The van der Waals surface area contributed by atoms with E-state index < -0.39 is 0 Å². The van der Waals surface area contributed by atoms with Crippen LogP contribution in [0.3, 0.4) is 0 Å². The Kier molecular flexibility index (Phi) is 2.43. The van der Waals surface area contributed by atoms with Crippen LogP contribution in [0.25, 0.3) is 32.7 Å². The van der Waals surface area contributed by atoms with Gasteiger partial charge < -0.3 is 4.98 Å². The lowest BCUT2D eigenvalue weighted by Crippen LogP contribution is -1.86. The molecule has 5 nitrogen and oxygen atoms in total. The van der Waals surface area contributed by atoms with Gasteiger partial charge >= 0.3 is 0 Å². The molecule has 1 N–H and O–H groups in total. The summed E-state index contributed by atoms with van der Waals surface area (Å²) in [6.07, 6.45) is 7.56. The summed E-state index contributed by atoms with van der Waals surface area (Å²) in [5.74, 6) is 0. The molecule has 20 heavy (non-hydrogen) atoms. The highest BCUT2D eigenvalue weighted by molar-refractivity contribution is 7.09. The summed E-state index contributed by atoms with van der Waals surface area (Å²) < 4.78 is 6.01. The predicted octanol–water partition coefficient (Wildman–Crippen LogP) is 3.09. The summed E-state index contributed by atoms with van der Waals surface area (Å²) in [5.41, 5.74) is 4.09. The summed E-state index contributed by atoms with van der Waals surface area (Å²) in [7, 11) is 1.93. The van der Waals surface area contributed by atoms with E-state index in [9.17, 15) is 0 Å². The van der Waals surface area contributed by atoms with Crippen LogP contribution in [0, 0.1) is 0 Å². The average molecular weight is 281 g/mol. The normalized spacial score (nSPS) is 11.2. The Balaban J connectivity index is 2.01. The second-order valence-corrected chi connectivity index (χ2v) is 5.37. The molecular weight excluding hydrogens is 270 g/mol. The highest BCUT2D eigenvalue weighted by Gasteiger charge is 2.16. The van der Waals surface area contributed by atoms with Crippen LogP contribution in [0.15, 0.2) is 43.0 Å². The van der Waals surface area contributed by atoms with E-state index >= 15 is 0 Å². The summed E-state index contributed by atoms with van der Waals surface area (Å²) in [6.45, 7) is 0. The van der Waals surface area contributed by atoms with Gasteiger partial charge in [0.05, 0.1) is 4.88 Å². The third-order valence-electron chi connectivity index (χ3n) is 3.25. The van der Waals surface area contributed by atoms with Crippen LogP contribution in [0.5, 0.6) is 0 Å². The summed E-state index contributed by atoms with van der Waals surface area (Å²) >= 11 is 1.46. The van der Waals surface area contributed by atoms with Crippen molar-refractivity contribution >= 4 is 22.6 Å². The Morgan fingerprint density at radius 3 is 2.95 bits per heavy atom. The van der Waals surface area contributed by atoms with Crippen molar-refractivity contribution in [2.45, 2.75) is 0 Å². The maximum Gasteiger partial charge on any atom is 0.137 e. The first-order valence-electron chi connectivity index (χ1n) is 6.20. The molecule has 4 aromatic rings. The molecule has 0 aromatic carbocycles. The fourth-order valence-electron chi connectivity index (χ4n) is 2.40. The number of H-pyrrole nitrogens is 1. The lowest BCUT2D eigenvalue weighted by atomic mass is 10.0. The van der Waals surface area contributed by atoms with Gasteiger partial charge in [0.2, 0.25) is 0 Å². The molecule has 0 spiro atoms. The van der Waals surface area contributed by atoms with Crippen molar-refractivity contribution in [2.75, 3.05) is 0 Å². The number of nitrogens with zero attached hydrogens (tertiary/aromatic N) is 4. The molecule has 98 valence electrons. The van der Waals surface area contributed by atoms with Gasteiger partial charge in [0.15, 0.2) is 0 Å². The first-order chi connectivity index (χ1) is 9.83. The maximum absolute atomic E-state index is 4.58. The molecule has 6 heteroatoms. The highest BCUT2D eigenvalue weighted by atomic mass is 32.1. The Hall–Kier alpha value is -2.47. The van der Waals surface area contributed by atoms with Crippen molar-refractivity contribution in [3.8, 4) is 21.7 Å². The maximum atomic E-state index is 4.58. The zero-order valence-corrected chi connectivity index (χ0v) is 11.6. The summed E-state index contributed by atoms with van der Waals surface area (Å²) in [6, 6.07) is 6.06. The van der Waals surface area contributed by atoms with E-state index in [0.29, 0.717) is 0 Å². The quantitative estimate of drug-likeness (QED) is 0.614. The molecule has 4 aromatic heterocycles. The molecule has 0 aliphatic rings. The van der Waals surface area contributed by atoms with Gasteiger partial charge in [-0.05, 0) is 35.3 Å². The molecule has 4 rings (SSSR count). The lowest BCUT2D eigenvalue weighted by Gasteiger charge is -2.02. The SMILES string of the molecule is Cn1cc(-c2ccnc3[nH]ccc23)c(-c2ccns2)n1. The van der Waals surface area contributed by atoms with Crippen molar-refractivity contribution < 1.29 is 0 Å².